The Kier molecular flexibility index (Phi) is 6.19. The Bertz CT molecular complexity index is 422. The van der Waals surface area contributed by atoms with Gasteiger partial charge in [0.25, 0.3) is 0 Å². The lowest BCUT2D eigenvalue weighted by Crippen LogP contribution is -2.42. The van der Waals surface area contributed by atoms with E-state index in [4.69, 9.17) is 5.73 Å². The molecule has 2 rings (SSSR count). The van der Waals surface area contributed by atoms with Crippen molar-refractivity contribution < 1.29 is 0 Å². The van der Waals surface area contributed by atoms with Crippen LogP contribution in [-0.2, 0) is 6.54 Å². The first-order valence-electron chi connectivity index (χ1n) is 8.52. The third kappa shape index (κ3) is 4.79. The highest BCUT2D eigenvalue weighted by Gasteiger charge is 2.31. The van der Waals surface area contributed by atoms with E-state index in [0.717, 1.165) is 31.9 Å². The van der Waals surface area contributed by atoms with Gasteiger partial charge in [0.15, 0.2) is 0 Å². The fraction of sp³-hybridized carbons (Fsp3) is 0.722. The third-order valence-corrected chi connectivity index (χ3v) is 4.94. The smallest absolute Gasteiger partial charge is 0.0547 e. The van der Waals surface area contributed by atoms with Crippen LogP contribution in [0.1, 0.15) is 56.8 Å². The molecule has 1 fully saturated rings. The fourth-order valence-electron chi connectivity index (χ4n) is 3.58. The van der Waals surface area contributed by atoms with Crippen molar-refractivity contribution in [3.8, 4) is 0 Å². The lowest BCUT2D eigenvalue weighted by Gasteiger charge is -2.36. The molecular formula is C18H31N3. The zero-order chi connectivity index (χ0) is 15.1. The molecule has 21 heavy (non-hydrogen) atoms. The van der Waals surface area contributed by atoms with Crippen LogP contribution in [0, 0.1) is 12.3 Å². The summed E-state index contributed by atoms with van der Waals surface area (Å²) >= 11 is 0. The van der Waals surface area contributed by atoms with Crippen LogP contribution in [0.2, 0.25) is 0 Å². The minimum Gasteiger partial charge on any atom is -0.330 e. The monoisotopic (exact) mass is 289 g/mol. The van der Waals surface area contributed by atoms with E-state index in [1.54, 1.807) is 0 Å². The fourth-order valence-corrected chi connectivity index (χ4v) is 3.58. The van der Waals surface area contributed by atoms with Gasteiger partial charge in [-0.15, -0.1) is 0 Å². The maximum Gasteiger partial charge on any atom is 0.0547 e. The van der Waals surface area contributed by atoms with E-state index in [2.05, 4.69) is 41.9 Å². The predicted molar refractivity (Wildman–Crippen MR) is 89.1 cm³/mol. The Morgan fingerprint density at radius 3 is 2.48 bits per heavy atom. The summed E-state index contributed by atoms with van der Waals surface area (Å²) in [4.78, 5) is 7.18. The average molecular weight is 289 g/mol. The average Bonchev–Trinajstić information content (AvgIpc) is 2.73. The molecule has 1 heterocycles. The molecule has 1 saturated carbocycles. The third-order valence-electron chi connectivity index (χ3n) is 4.94. The molecule has 1 aliphatic carbocycles. The molecule has 0 saturated heterocycles. The SMILES string of the molecule is CCN(Cc1cccc(C)n1)CC1(CN)CCCCCC1. The van der Waals surface area contributed by atoms with Gasteiger partial charge < -0.3 is 5.73 Å². The first-order valence-corrected chi connectivity index (χ1v) is 8.52. The molecule has 0 radical (unpaired) electrons. The Balaban J connectivity index is 2.02. The molecule has 1 aromatic rings. The van der Waals surface area contributed by atoms with Crippen molar-refractivity contribution in [2.24, 2.45) is 11.1 Å². The highest BCUT2D eigenvalue weighted by Crippen LogP contribution is 2.35. The largest absolute Gasteiger partial charge is 0.330 e. The van der Waals surface area contributed by atoms with Gasteiger partial charge in [0.2, 0.25) is 0 Å². The van der Waals surface area contributed by atoms with E-state index in [0.29, 0.717) is 5.41 Å². The van der Waals surface area contributed by atoms with Gasteiger partial charge in [0.05, 0.1) is 5.69 Å². The molecule has 118 valence electrons. The van der Waals surface area contributed by atoms with Crippen molar-refractivity contribution in [3.05, 3.63) is 29.6 Å². The van der Waals surface area contributed by atoms with Crippen LogP contribution in [0.3, 0.4) is 0 Å². The minimum absolute atomic E-state index is 0.330. The Labute approximate surface area is 129 Å². The number of rotatable bonds is 6. The number of nitrogens with zero attached hydrogens (tertiary/aromatic N) is 2. The molecular weight excluding hydrogens is 258 g/mol. The number of hydrogen-bond donors (Lipinski definition) is 1. The van der Waals surface area contributed by atoms with Gasteiger partial charge in [-0.25, -0.2) is 0 Å². The second kappa shape index (κ2) is 7.90. The second-order valence-electron chi connectivity index (χ2n) is 6.69. The number of pyridine rings is 1. The highest BCUT2D eigenvalue weighted by atomic mass is 15.1. The van der Waals surface area contributed by atoms with Gasteiger partial charge in [-0.2, -0.15) is 0 Å². The molecule has 0 bridgehead atoms. The molecule has 0 amide bonds. The molecule has 3 nitrogen and oxygen atoms in total. The van der Waals surface area contributed by atoms with E-state index in [-0.39, 0.29) is 0 Å². The molecule has 0 spiro atoms. The molecule has 2 N–H and O–H groups in total. The highest BCUT2D eigenvalue weighted by molar-refractivity contribution is 5.09. The zero-order valence-corrected chi connectivity index (χ0v) is 13.8. The van der Waals surface area contributed by atoms with Crippen LogP contribution in [-0.4, -0.2) is 29.5 Å². The maximum absolute atomic E-state index is 6.19. The number of aromatic nitrogens is 1. The molecule has 3 heteroatoms. The summed E-state index contributed by atoms with van der Waals surface area (Å²) in [6, 6.07) is 6.31. The maximum atomic E-state index is 6.19. The number of nitrogens with two attached hydrogens (primary N) is 1. The van der Waals surface area contributed by atoms with Crippen LogP contribution in [0.5, 0.6) is 0 Å². The van der Waals surface area contributed by atoms with E-state index in [9.17, 15) is 0 Å². The van der Waals surface area contributed by atoms with Crippen molar-refractivity contribution in [2.45, 2.75) is 58.9 Å². The summed E-state index contributed by atoms with van der Waals surface area (Å²) in [6.07, 6.45) is 8.04. The standard InChI is InChI=1S/C18H31N3/c1-3-21(13-17-10-8-9-16(2)20-17)15-18(14-19)11-6-4-5-7-12-18/h8-10H,3-7,11-15,19H2,1-2H3. The van der Waals surface area contributed by atoms with Crippen molar-refractivity contribution in [3.63, 3.8) is 0 Å². The molecule has 0 unspecified atom stereocenters. The van der Waals surface area contributed by atoms with Crippen molar-refractivity contribution >= 4 is 0 Å². The molecule has 0 aromatic carbocycles. The number of aryl methyl sites for hydroxylation is 1. The summed E-state index contributed by atoms with van der Waals surface area (Å²) in [5.41, 5.74) is 8.80. The van der Waals surface area contributed by atoms with Gasteiger partial charge in [0, 0.05) is 18.8 Å². The molecule has 1 aromatic heterocycles. The molecule has 0 atom stereocenters. The first-order chi connectivity index (χ1) is 10.2. The summed E-state index contributed by atoms with van der Waals surface area (Å²) in [7, 11) is 0. The summed E-state index contributed by atoms with van der Waals surface area (Å²) < 4.78 is 0. The van der Waals surface area contributed by atoms with Crippen LogP contribution >= 0.6 is 0 Å². The van der Waals surface area contributed by atoms with Gasteiger partial charge in [-0.05, 0) is 50.4 Å². The summed E-state index contributed by atoms with van der Waals surface area (Å²) in [6.45, 7) is 8.26. The molecule has 0 aliphatic heterocycles. The minimum atomic E-state index is 0.330. The van der Waals surface area contributed by atoms with Crippen LogP contribution < -0.4 is 5.73 Å². The van der Waals surface area contributed by atoms with E-state index < -0.39 is 0 Å². The molecule has 1 aliphatic rings. The Hall–Kier alpha value is -0.930. The predicted octanol–water partition coefficient (Wildman–Crippen LogP) is 3.51. The Morgan fingerprint density at radius 2 is 1.90 bits per heavy atom. The van der Waals surface area contributed by atoms with Gasteiger partial charge in [-0.3, -0.25) is 9.88 Å². The Morgan fingerprint density at radius 1 is 1.19 bits per heavy atom. The zero-order valence-electron chi connectivity index (χ0n) is 13.8. The van der Waals surface area contributed by atoms with E-state index in [1.165, 1.54) is 44.2 Å². The van der Waals surface area contributed by atoms with Crippen LogP contribution in [0.25, 0.3) is 0 Å². The van der Waals surface area contributed by atoms with Crippen molar-refractivity contribution in [2.75, 3.05) is 19.6 Å². The normalized spacial score (nSPS) is 18.7. The summed E-state index contributed by atoms with van der Waals surface area (Å²) in [5.74, 6) is 0. The van der Waals surface area contributed by atoms with Gasteiger partial charge >= 0.3 is 0 Å². The van der Waals surface area contributed by atoms with Gasteiger partial charge in [0.1, 0.15) is 0 Å². The quantitative estimate of drug-likeness (QED) is 0.815. The van der Waals surface area contributed by atoms with Crippen LogP contribution in [0.4, 0.5) is 0 Å². The van der Waals surface area contributed by atoms with Crippen molar-refractivity contribution in [1.82, 2.24) is 9.88 Å². The van der Waals surface area contributed by atoms with Crippen LogP contribution in [0.15, 0.2) is 18.2 Å². The van der Waals surface area contributed by atoms with E-state index in [1.807, 2.05) is 0 Å². The number of hydrogen-bond acceptors (Lipinski definition) is 3. The topological polar surface area (TPSA) is 42.2 Å². The lowest BCUT2D eigenvalue weighted by molar-refractivity contribution is 0.134. The van der Waals surface area contributed by atoms with E-state index >= 15 is 0 Å². The first kappa shape index (κ1) is 16.4. The summed E-state index contributed by atoms with van der Waals surface area (Å²) in [5, 5.41) is 0. The van der Waals surface area contributed by atoms with Gasteiger partial charge in [-0.1, -0.05) is 38.7 Å². The second-order valence-corrected chi connectivity index (χ2v) is 6.69. The van der Waals surface area contributed by atoms with Crippen molar-refractivity contribution in [1.29, 1.82) is 0 Å². The lowest BCUT2D eigenvalue weighted by atomic mass is 9.80.